The van der Waals surface area contributed by atoms with E-state index in [4.69, 9.17) is 5.73 Å². The zero-order valence-electron chi connectivity index (χ0n) is 7.01. The smallest absolute Gasteiger partial charge is 0.0192 e. The summed E-state index contributed by atoms with van der Waals surface area (Å²) in [5.41, 5.74) is 5.57. The van der Waals surface area contributed by atoms with Gasteiger partial charge in [0.1, 0.15) is 0 Å². The highest BCUT2D eigenvalue weighted by molar-refractivity contribution is 4.79. The van der Waals surface area contributed by atoms with Gasteiger partial charge in [0.05, 0.1) is 0 Å². The molecule has 1 rings (SSSR count). The van der Waals surface area contributed by atoms with E-state index in [9.17, 15) is 0 Å². The van der Waals surface area contributed by atoms with Crippen LogP contribution in [0, 0.1) is 0 Å². The third-order valence-electron chi connectivity index (χ3n) is 2.51. The van der Waals surface area contributed by atoms with Crippen LogP contribution >= 0.6 is 0 Å². The van der Waals surface area contributed by atoms with Crippen LogP contribution in [0.5, 0.6) is 0 Å². The molecule has 0 bridgehead atoms. The van der Waals surface area contributed by atoms with Gasteiger partial charge < -0.3 is 5.73 Å². The zero-order chi connectivity index (χ0) is 7.56. The summed E-state index contributed by atoms with van der Waals surface area (Å²) in [6.45, 7) is 6.55. The van der Waals surface area contributed by atoms with Crippen LogP contribution in [-0.2, 0) is 0 Å². The minimum Gasteiger partial charge on any atom is -0.329 e. The molecule has 1 heterocycles. The monoisotopic (exact) mass is 142 g/mol. The summed E-state index contributed by atoms with van der Waals surface area (Å²) < 4.78 is 0. The van der Waals surface area contributed by atoms with Crippen molar-refractivity contribution in [2.45, 2.75) is 38.8 Å². The van der Waals surface area contributed by atoms with Crippen LogP contribution in [0.25, 0.3) is 0 Å². The Morgan fingerprint density at radius 3 is 2.80 bits per heavy atom. The van der Waals surface area contributed by atoms with E-state index in [1.807, 2.05) is 0 Å². The Labute approximate surface area is 63.4 Å². The Morgan fingerprint density at radius 2 is 2.40 bits per heavy atom. The summed E-state index contributed by atoms with van der Waals surface area (Å²) in [4.78, 5) is 2.50. The molecule has 0 aromatic rings. The molecular formula is C8H18N2. The first-order valence-corrected chi connectivity index (χ1v) is 4.21. The molecule has 1 saturated heterocycles. The molecule has 1 aliphatic heterocycles. The summed E-state index contributed by atoms with van der Waals surface area (Å²) in [7, 11) is 0. The Morgan fingerprint density at radius 1 is 1.70 bits per heavy atom. The van der Waals surface area contributed by atoms with Crippen molar-refractivity contribution in [1.29, 1.82) is 0 Å². The molecule has 2 heteroatoms. The summed E-state index contributed by atoms with van der Waals surface area (Å²) in [6.07, 6.45) is 2.70. The Kier molecular flexibility index (Phi) is 2.69. The largest absolute Gasteiger partial charge is 0.329 e. The van der Waals surface area contributed by atoms with Crippen LogP contribution in [0.2, 0.25) is 0 Å². The molecule has 2 unspecified atom stereocenters. The molecule has 0 radical (unpaired) electrons. The van der Waals surface area contributed by atoms with E-state index in [1.165, 1.54) is 19.4 Å². The number of rotatable bonds is 2. The van der Waals surface area contributed by atoms with Crippen molar-refractivity contribution in [3.63, 3.8) is 0 Å². The first-order valence-electron chi connectivity index (χ1n) is 4.21. The maximum absolute atomic E-state index is 5.57. The van der Waals surface area contributed by atoms with E-state index in [1.54, 1.807) is 0 Å². The minimum atomic E-state index is 0.581. The quantitative estimate of drug-likeness (QED) is 0.618. The second-order valence-corrected chi connectivity index (χ2v) is 3.31. The molecule has 0 aliphatic carbocycles. The van der Waals surface area contributed by atoms with E-state index in [-0.39, 0.29) is 0 Å². The predicted octanol–water partition coefficient (Wildman–Crippen LogP) is 0.818. The van der Waals surface area contributed by atoms with Gasteiger partial charge in [-0.05, 0) is 33.2 Å². The molecule has 60 valence electrons. The first-order chi connectivity index (χ1) is 4.75. The van der Waals surface area contributed by atoms with E-state index in [0.717, 1.165) is 12.6 Å². The van der Waals surface area contributed by atoms with Gasteiger partial charge in [-0.2, -0.15) is 0 Å². The average molecular weight is 142 g/mol. The normalized spacial score (nSPS) is 30.9. The number of nitrogens with two attached hydrogens (primary N) is 1. The minimum absolute atomic E-state index is 0.581. The zero-order valence-corrected chi connectivity index (χ0v) is 7.01. The van der Waals surface area contributed by atoms with Gasteiger partial charge in [0.15, 0.2) is 0 Å². The Bertz CT molecular complexity index is 103. The van der Waals surface area contributed by atoms with Crippen LogP contribution < -0.4 is 5.73 Å². The number of hydrogen-bond donors (Lipinski definition) is 1. The maximum Gasteiger partial charge on any atom is 0.0192 e. The van der Waals surface area contributed by atoms with Gasteiger partial charge in [0, 0.05) is 18.6 Å². The van der Waals surface area contributed by atoms with Gasteiger partial charge >= 0.3 is 0 Å². The lowest BCUT2D eigenvalue weighted by Crippen LogP contribution is -2.40. The number of nitrogens with zero attached hydrogens (tertiary/aromatic N) is 1. The lowest BCUT2D eigenvalue weighted by Gasteiger charge is -2.27. The van der Waals surface area contributed by atoms with E-state index in [0.29, 0.717) is 6.04 Å². The van der Waals surface area contributed by atoms with Crippen molar-refractivity contribution in [1.82, 2.24) is 4.90 Å². The van der Waals surface area contributed by atoms with Crippen molar-refractivity contribution in [3.8, 4) is 0 Å². The van der Waals surface area contributed by atoms with Gasteiger partial charge in [-0.25, -0.2) is 0 Å². The highest BCUT2D eigenvalue weighted by Gasteiger charge is 2.23. The molecule has 10 heavy (non-hydrogen) atoms. The van der Waals surface area contributed by atoms with E-state index >= 15 is 0 Å². The van der Waals surface area contributed by atoms with Crippen LogP contribution in [0.15, 0.2) is 0 Å². The second kappa shape index (κ2) is 3.35. The molecule has 2 nitrogen and oxygen atoms in total. The summed E-state index contributed by atoms with van der Waals surface area (Å²) in [5, 5.41) is 0. The van der Waals surface area contributed by atoms with E-state index < -0.39 is 0 Å². The highest BCUT2D eigenvalue weighted by atomic mass is 15.2. The second-order valence-electron chi connectivity index (χ2n) is 3.31. The third-order valence-corrected chi connectivity index (χ3v) is 2.51. The molecule has 0 spiro atoms. The van der Waals surface area contributed by atoms with Gasteiger partial charge in [-0.15, -0.1) is 0 Å². The van der Waals surface area contributed by atoms with Crippen LogP contribution in [-0.4, -0.2) is 30.1 Å². The molecule has 1 fully saturated rings. The average Bonchev–Trinajstić information content (AvgIpc) is 2.34. The fourth-order valence-corrected chi connectivity index (χ4v) is 1.75. The third kappa shape index (κ3) is 1.50. The van der Waals surface area contributed by atoms with Crippen LogP contribution in [0.4, 0.5) is 0 Å². The van der Waals surface area contributed by atoms with Crippen molar-refractivity contribution < 1.29 is 0 Å². The topological polar surface area (TPSA) is 29.3 Å². The Balaban J connectivity index is 2.38. The summed E-state index contributed by atoms with van der Waals surface area (Å²) in [5.74, 6) is 0. The molecule has 2 N–H and O–H groups in total. The lowest BCUT2D eigenvalue weighted by molar-refractivity contribution is 0.207. The molecule has 0 aromatic carbocycles. The number of likely N-dealkylation sites (tertiary alicyclic amines) is 1. The molecule has 0 saturated carbocycles. The highest BCUT2D eigenvalue weighted by Crippen LogP contribution is 2.18. The summed E-state index contributed by atoms with van der Waals surface area (Å²) >= 11 is 0. The van der Waals surface area contributed by atoms with E-state index in [2.05, 4.69) is 18.7 Å². The van der Waals surface area contributed by atoms with Gasteiger partial charge in [-0.1, -0.05) is 0 Å². The van der Waals surface area contributed by atoms with Crippen molar-refractivity contribution in [2.75, 3.05) is 13.1 Å². The predicted molar refractivity (Wildman–Crippen MR) is 43.9 cm³/mol. The number of hydrogen-bond acceptors (Lipinski definition) is 2. The van der Waals surface area contributed by atoms with Crippen molar-refractivity contribution >= 4 is 0 Å². The standard InChI is InChI=1S/C8H18N2/c1-7-4-3-5-10(7)8(2)6-9/h7-8H,3-6,9H2,1-2H3. The molecule has 2 atom stereocenters. The van der Waals surface area contributed by atoms with Crippen molar-refractivity contribution in [2.24, 2.45) is 5.73 Å². The maximum atomic E-state index is 5.57. The van der Waals surface area contributed by atoms with Crippen molar-refractivity contribution in [3.05, 3.63) is 0 Å². The molecule has 1 aliphatic rings. The lowest BCUT2D eigenvalue weighted by atomic mass is 10.2. The van der Waals surface area contributed by atoms with Crippen LogP contribution in [0.1, 0.15) is 26.7 Å². The molecule has 0 amide bonds. The SMILES string of the molecule is CC(CN)N1CCCC1C. The summed E-state index contributed by atoms with van der Waals surface area (Å²) in [6, 6.07) is 1.34. The van der Waals surface area contributed by atoms with Crippen LogP contribution in [0.3, 0.4) is 0 Å². The molecular weight excluding hydrogens is 124 g/mol. The fraction of sp³-hybridized carbons (Fsp3) is 1.00. The molecule has 0 aromatic heterocycles. The fourth-order valence-electron chi connectivity index (χ4n) is 1.75. The van der Waals surface area contributed by atoms with Gasteiger partial charge in [-0.3, -0.25) is 4.90 Å². The Hall–Kier alpha value is -0.0800. The first kappa shape index (κ1) is 8.02. The van der Waals surface area contributed by atoms with Gasteiger partial charge in [0.25, 0.3) is 0 Å². The van der Waals surface area contributed by atoms with Gasteiger partial charge in [0.2, 0.25) is 0 Å².